The van der Waals surface area contributed by atoms with Gasteiger partial charge in [-0.3, -0.25) is 4.90 Å². The van der Waals surface area contributed by atoms with Crippen LogP contribution in [0.25, 0.3) is 0 Å². The van der Waals surface area contributed by atoms with Crippen LogP contribution in [0.4, 0.5) is 4.79 Å². The number of hydrogen-bond donors (Lipinski definition) is 3. The van der Waals surface area contributed by atoms with Gasteiger partial charge in [-0.1, -0.05) is 20.8 Å². The Labute approximate surface area is 131 Å². The highest BCUT2D eigenvalue weighted by Gasteiger charge is 2.40. The number of carbonyl (C=O) groups is 2. The Morgan fingerprint density at radius 1 is 1.36 bits per heavy atom. The van der Waals surface area contributed by atoms with Crippen molar-refractivity contribution in [2.45, 2.75) is 51.0 Å². The van der Waals surface area contributed by atoms with Crippen molar-refractivity contribution < 1.29 is 29.3 Å². The molecule has 0 bridgehead atoms. The van der Waals surface area contributed by atoms with E-state index in [0.717, 1.165) is 4.90 Å². The van der Waals surface area contributed by atoms with Crippen LogP contribution in [-0.2, 0) is 9.22 Å². The number of rotatable bonds is 4. The molecule has 0 spiro atoms. The molecule has 126 valence electrons. The molecule has 0 radical (unpaired) electrons. The summed E-state index contributed by atoms with van der Waals surface area (Å²) in [6.07, 6.45) is -1.25. The van der Waals surface area contributed by atoms with Crippen LogP contribution in [0.5, 0.6) is 0 Å². The maximum atomic E-state index is 11.3. The first-order valence-electron chi connectivity index (χ1n) is 7.13. The van der Waals surface area contributed by atoms with Gasteiger partial charge >= 0.3 is 12.1 Å². The van der Waals surface area contributed by atoms with Crippen molar-refractivity contribution in [3.05, 3.63) is 11.6 Å². The molecule has 1 aliphatic heterocycles. The summed E-state index contributed by atoms with van der Waals surface area (Å²) in [4.78, 5) is 23.4. The molecule has 0 aromatic heterocycles. The molecule has 0 saturated heterocycles. The average molecular weight is 331 g/mol. The summed E-state index contributed by atoms with van der Waals surface area (Å²) in [6.45, 7) is 10.1. The van der Waals surface area contributed by atoms with E-state index in [4.69, 9.17) is 9.53 Å². The van der Waals surface area contributed by atoms with Crippen LogP contribution in [-0.4, -0.2) is 65.9 Å². The molecule has 22 heavy (non-hydrogen) atoms. The van der Waals surface area contributed by atoms with Gasteiger partial charge in [0.25, 0.3) is 0 Å². The Morgan fingerprint density at radius 3 is 2.32 bits per heavy atom. The van der Waals surface area contributed by atoms with Gasteiger partial charge in [0.2, 0.25) is 0 Å². The minimum atomic E-state index is -2.08. The van der Waals surface area contributed by atoms with Crippen LogP contribution in [0.2, 0.25) is 18.1 Å². The number of amides is 1. The highest BCUT2D eigenvalue weighted by Crippen LogP contribution is 2.37. The van der Waals surface area contributed by atoms with Crippen LogP contribution in [0.1, 0.15) is 20.8 Å². The first-order chi connectivity index (χ1) is 9.86. The third kappa shape index (κ3) is 4.08. The van der Waals surface area contributed by atoms with Gasteiger partial charge in [-0.15, -0.1) is 0 Å². The second kappa shape index (κ2) is 6.39. The Hall–Kier alpha value is -1.38. The first kappa shape index (κ1) is 18.7. The van der Waals surface area contributed by atoms with Crippen molar-refractivity contribution >= 4 is 20.4 Å². The van der Waals surface area contributed by atoms with Gasteiger partial charge in [-0.25, -0.2) is 9.59 Å². The largest absolute Gasteiger partial charge is 0.478 e. The molecule has 0 aromatic carbocycles. The minimum Gasteiger partial charge on any atom is -0.478 e. The number of nitrogens with zero attached hydrogens (tertiary/aromatic N) is 1. The molecule has 3 N–H and O–H groups in total. The van der Waals surface area contributed by atoms with Crippen molar-refractivity contribution in [1.82, 2.24) is 4.90 Å². The quantitative estimate of drug-likeness (QED) is 0.677. The van der Waals surface area contributed by atoms with E-state index < -0.39 is 32.5 Å². The van der Waals surface area contributed by atoms with Gasteiger partial charge < -0.3 is 19.7 Å². The molecule has 7 nitrogen and oxygen atoms in total. The molecule has 1 aliphatic rings. The molecule has 8 heteroatoms. The zero-order valence-corrected chi connectivity index (χ0v) is 14.7. The number of aliphatic hydroxyl groups is 1. The molecule has 1 heterocycles. The molecule has 0 saturated carbocycles. The van der Waals surface area contributed by atoms with Gasteiger partial charge in [0.15, 0.2) is 8.32 Å². The van der Waals surface area contributed by atoms with E-state index in [1.54, 1.807) is 0 Å². The number of carboxylic acids is 1. The normalized spacial score (nSPS) is 23.2. The smallest absolute Gasteiger partial charge is 0.407 e. The fourth-order valence-electron chi connectivity index (χ4n) is 1.91. The second-order valence-electron chi connectivity index (χ2n) is 7.02. The molecular formula is C14H25NO6Si. The second-order valence-corrected chi connectivity index (χ2v) is 11.8. The standard InChI is InChI=1S/C14H25NO6Si/c1-14(2,3)22(4,5)21-8-9-6-10(12(17)18)11(16)7-15(9)13(19)20/h6,9,11,16H,7-8H2,1-5H3,(H,17,18)(H,19,20)/t9-,11-/m0/s1. The molecule has 0 aliphatic carbocycles. The van der Waals surface area contributed by atoms with Crippen LogP contribution < -0.4 is 0 Å². The maximum absolute atomic E-state index is 11.3. The Morgan fingerprint density at radius 2 is 1.91 bits per heavy atom. The van der Waals surface area contributed by atoms with E-state index in [0.29, 0.717) is 0 Å². The van der Waals surface area contributed by atoms with E-state index in [1.807, 2.05) is 13.1 Å². The number of β-amino-alcohol motifs (C(OH)–C–C–N with tert-alkyl or cyclic N) is 1. The third-order valence-electron chi connectivity index (χ3n) is 4.41. The van der Waals surface area contributed by atoms with E-state index in [9.17, 15) is 19.8 Å². The molecule has 0 fully saturated rings. The number of aliphatic carboxylic acids is 1. The molecular weight excluding hydrogens is 306 g/mol. The zero-order valence-electron chi connectivity index (χ0n) is 13.7. The molecule has 0 unspecified atom stereocenters. The lowest BCUT2D eigenvalue weighted by molar-refractivity contribution is -0.134. The van der Waals surface area contributed by atoms with Gasteiger partial charge in [-0.05, 0) is 24.2 Å². The van der Waals surface area contributed by atoms with Crippen LogP contribution in [0.3, 0.4) is 0 Å². The Balaban J connectivity index is 2.97. The van der Waals surface area contributed by atoms with Crippen molar-refractivity contribution in [2.75, 3.05) is 13.2 Å². The van der Waals surface area contributed by atoms with Crippen LogP contribution >= 0.6 is 0 Å². The summed E-state index contributed by atoms with van der Waals surface area (Å²) in [5, 5.41) is 28.0. The van der Waals surface area contributed by atoms with Crippen LogP contribution in [0.15, 0.2) is 11.6 Å². The summed E-state index contributed by atoms with van der Waals surface area (Å²) in [5.41, 5.74) is -0.179. The summed E-state index contributed by atoms with van der Waals surface area (Å²) in [7, 11) is -2.08. The van der Waals surface area contributed by atoms with Gasteiger partial charge in [0, 0.05) is 0 Å². The van der Waals surface area contributed by atoms with E-state index >= 15 is 0 Å². The zero-order chi connectivity index (χ0) is 17.3. The molecule has 2 atom stereocenters. The van der Waals surface area contributed by atoms with E-state index in [-0.39, 0.29) is 23.8 Å². The van der Waals surface area contributed by atoms with Gasteiger partial charge in [0.05, 0.1) is 24.8 Å². The van der Waals surface area contributed by atoms with E-state index in [2.05, 4.69) is 20.8 Å². The lowest BCUT2D eigenvalue weighted by Gasteiger charge is -2.40. The number of aliphatic hydroxyl groups excluding tert-OH is 1. The minimum absolute atomic E-state index is 0.0332. The lowest BCUT2D eigenvalue weighted by Crippen LogP contribution is -2.52. The summed E-state index contributed by atoms with van der Waals surface area (Å²) in [5.74, 6) is -1.24. The lowest BCUT2D eigenvalue weighted by atomic mass is 10.0. The monoisotopic (exact) mass is 331 g/mol. The average Bonchev–Trinajstić information content (AvgIpc) is 2.34. The van der Waals surface area contributed by atoms with E-state index in [1.165, 1.54) is 6.08 Å². The number of hydrogen-bond acceptors (Lipinski definition) is 4. The third-order valence-corrected chi connectivity index (χ3v) is 8.92. The SMILES string of the molecule is CC(C)(C)[Si](C)(C)OC[C@@H]1C=C(C(=O)O)[C@@H](O)CN1C(=O)O. The first-order valence-corrected chi connectivity index (χ1v) is 10.0. The Kier molecular flexibility index (Phi) is 5.42. The maximum Gasteiger partial charge on any atom is 0.407 e. The number of carboxylic acid groups (broad SMARTS) is 2. The van der Waals surface area contributed by atoms with Crippen LogP contribution in [0, 0.1) is 0 Å². The predicted molar refractivity (Wildman–Crippen MR) is 83.4 cm³/mol. The fraction of sp³-hybridized carbons (Fsp3) is 0.714. The highest BCUT2D eigenvalue weighted by molar-refractivity contribution is 6.74. The van der Waals surface area contributed by atoms with Crippen molar-refractivity contribution in [3.8, 4) is 0 Å². The fourth-order valence-corrected chi connectivity index (χ4v) is 2.93. The van der Waals surface area contributed by atoms with Crippen molar-refractivity contribution in [1.29, 1.82) is 0 Å². The van der Waals surface area contributed by atoms with Gasteiger partial charge in [0.1, 0.15) is 6.10 Å². The van der Waals surface area contributed by atoms with Crippen molar-refractivity contribution in [2.24, 2.45) is 0 Å². The highest BCUT2D eigenvalue weighted by atomic mass is 28.4. The molecule has 0 aromatic rings. The summed E-state index contributed by atoms with van der Waals surface area (Å²) in [6, 6.07) is -0.707. The topological polar surface area (TPSA) is 107 Å². The van der Waals surface area contributed by atoms with Crippen molar-refractivity contribution in [3.63, 3.8) is 0 Å². The predicted octanol–water partition coefficient (Wildman–Crippen LogP) is 1.74. The Bertz CT molecular complexity index is 482. The summed E-state index contributed by atoms with van der Waals surface area (Å²) >= 11 is 0. The molecule has 1 rings (SSSR count). The molecule has 1 amide bonds. The summed E-state index contributed by atoms with van der Waals surface area (Å²) < 4.78 is 5.99. The van der Waals surface area contributed by atoms with Gasteiger partial charge in [-0.2, -0.15) is 0 Å².